The first-order chi connectivity index (χ1) is 8.69. The molecule has 1 aromatic heterocycles. The Morgan fingerprint density at radius 1 is 1.61 bits per heavy atom. The van der Waals surface area contributed by atoms with Gasteiger partial charge in [0, 0.05) is 43.7 Å². The fraction of sp³-hybridized carbons (Fsp3) is 0.615. The van der Waals surface area contributed by atoms with Crippen molar-refractivity contribution in [1.82, 2.24) is 5.32 Å². The van der Waals surface area contributed by atoms with Gasteiger partial charge in [0.15, 0.2) is 0 Å². The van der Waals surface area contributed by atoms with E-state index in [1.165, 1.54) is 5.69 Å². The fourth-order valence-corrected chi connectivity index (χ4v) is 3.30. The maximum Gasteiger partial charge on any atom is 0.217 e. The summed E-state index contributed by atoms with van der Waals surface area (Å²) in [6, 6.07) is 2.30. The molecule has 2 heterocycles. The third-order valence-electron chi connectivity index (χ3n) is 3.35. The van der Waals surface area contributed by atoms with Crippen LogP contribution in [0, 0.1) is 5.92 Å². The Hall–Kier alpha value is -1.07. The van der Waals surface area contributed by atoms with Crippen molar-refractivity contribution in [2.45, 2.75) is 25.8 Å². The molecule has 1 aliphatic rings. The van der Waals surface area contributed by atoms with Crippen molar-refractivity contribution in [3.63, 3.8) is 0 Å². The molecular formula is C13H20N2O2S. The van der Waals surface area contributed by atoms with Crippen LogP contribution in [-0.4, -0.2) is 36.8 Å². The first-order valence-electron chi connectivity index (χ1n) is 6.34. The van der Waals surface area contributed by atoms with Crippen LogP contribution in [0.15, 0.2) is 16.8 Å². The third-order valence-corrected chi connectivity index (χ3v) is 4.02. The summed E-state index contributed by atoms with van der Waals surface area (Å²) in [5.41, 5.74) is 1.22. The molecule has 100 valence electrons. The standard InChI is InChI=1S/C13H20N2O2S/c1-10(17)14-12-6-11(2-4-16)7-15(8-12)13-3-5-18-9-13/h3,5,9,11-12,16H,2,4,6-8H2,1H3,(H,14,17). The Kier molecular flexibility index (Phi) is 4.60. The zero-order chi connectivity index (χ0) is 13.0. The lowest BCUT2D eigenvalue weighted by molar-refractivity contribution is -0.119. The normalized spacial score (nSPS) is 24.0. The molecule has 18 heavy (non-hydrogen) atoms. The van der Waals surface area contributed by atoms with Gasteiger partial charge in [0.1, 0.15) is 0 Å². The summed E-state index contributed by atoms with van der Waals surface area (Å²) in [6.07, 6.45) is 1.76. The summed E-state index contributed by atoms with van der Waals surface area (Å²) in [4.78, 5) is 13.5. The Bertz CT molecular complexity index is 380. The number of nitrogens with zero attached hydrogens (tertiary/aromatic N) is 1. The van der Waals surface area contributed by atoms with Gasteiger partial charge in [-0.25, -0.2) is 0 Å². The first kappa shape index (κ1) is 13.4. The number of aliphatic hydroxyl groups excluding tert-OH is 1. The predicted molar refractivity (Wildman–Crippen MR) is 73.9 cm³/mol. The number of rotatable bonds is 4. The molecule has 1 amide bonds. The topological polar surface area (TPSA) is 52.6 Å². The molecule has 1 aromatic rings. The maximum atomic E-state index is 11.2. The highest BCUT2D eigenvalue weighted by Gasteiger charge is 2.27. The molecule has 0 bridgehead atoms. The number of thiophene rings is 1. The minimum Gasteiger partial charge on any atom is -0.396 e. The van der Waals surface area contributed by atoms with Gasteiger partial charge in [0.05, 0.1) is 0 Å². The summed E-state index contributed by atoms with van der Waals surface area (Å²) in [6.45, 7) is 3.60. The number of amides is 1. The van der Waals surface area contributed by atoms with Crippen LogP contribution in [0.4, 0.5) is 5.69 Å². The average molecular weight is 268 g/mol. The van der Waals surface area contributed by atoms with E-state index in [0.29, 0.717) is 5.92 Å². The SMILES string of the molecule is CC(=O)NC1CC(CCO)CN(c2ccsc2)C1. The van der Waals surface area contributed by atoms with E-state index in [1.807, 2.05) is 0 Å². The molecule has 0 radical (unpaired) electrons. The quantitative estimate of drug-likeness (QED) is 0.869. The highest BCUT2D eigenvalue weighted by Crippen LogP contribution is 2.26. The summed E-state index contributed by atoms with van der Waals surface area (Å²) in [5, 5.41) is 16.3. The zero-order valence-electron chi connectivity index (χ0n) is 10.6. The fourth-order valence-electron chi connectivity index (χ4n) is 2.64. The van der Waals surface area contributed by atoms with Gasteiger partial charge in [-0.15, -0.1) is 0 Å². The van der Waals surface area contributed by atoms with E-state index in [9.17, 15) is 4.79 Å². The second-order valence-corrected chi connectivity index (χ2v) is 5.68. The van der Waals surface area contributed by atoms with E-state index >= 15 is 0 Å². The van der Waals surface area contributed by atoms with Crippen LogP contribution in [0.1, 0.15) is 19.8 Å². The molecule has 2 unspecified atom stereocenters. The number of piperidine rings is 1. The number of anilines is 1. The number of carbonyl (C=O) groups excluding carboxylic acids is 1. The van der Waals surface area contributed by atoms with Crippen molar-refractivity contribution in [3.8, 4) is 0 Å². The monoisotopic (exact) mass is 268 g/mol. The Morgan fingerprint density at radius 3 is 3.06 bits per heavy atom. The van der Waals surface area contributed by atoms with Gasteiger partial charge < -0.3 is 15.3 Å². The van der Waals surface area contributed by atoms with Gasteiger partial charge in [-0.3, -0.25) is 4.79 Å². The van der Waals surface area contributed by atoms with Gasteiger partial charge in [-0.2, -0.15) is 11.3 Å². The Labute approximate surface area is 112 Å². The van der Waals surface area contributed by atoms with E-state index in [-0.39, 0.29) is 18.6 Å². The first-order valence-corrected chi connectivity index (χ1v) is 7.28. The average Bonchev–Trinajstić information content (AvgIpc) is 2.81. The molecule has 5 heteroatoms. The second-order valence-electron chi connectivity index (χ2n) is 4.90. The number of aliphatic hydroxyl groups is 1. The third kappa shape index (κ3) is 3.46. The van der Waals surface area contributed by atoms with Crippen molar-refractivity contribution in [2.75, 3.05) is 24.6 Å². The van der Waals surface area contributed by atoms with Crippen LogP contribution in [0.2, 0.25) is 0 Å². The smallest absolute Gasteiger partial charge is 0.217 e. The van der Waals surface area contributed by atoms with Crippen LogP contribution >= 0.6 is 11.3 Å². The summed E-state index contributed by atoms with van der Waals surface area (Å²) in [7, 11) is 0. The lowest BCUT2D eigenvalue weighted by Gasteiger charge is -2.38. The van der Waals surface area contributed by atoms with Crippen LogP contribution in [-0.2, 0) is 4.79 Å². The molecule has 1 fully saturated rings. The maximum absolute atomic E-state index is 11.2. The zero-order valence-corrected chi connectivity index (χ0v) is 11.4. The molecule has 2 N–H and O–H groups in total. The van der Waals surface area contributed by atoms with E-state index in [2.05, 4.69) is 27.0 Å². The van der Waals surface area contributed by atoms with Gasteiger partial charge in [0.2, 0.25) is 5.91 Å². The van der Waals surface area contributed by atoms with E-state index in [0.717, 1.165) is 25.9 Å². The molecular weight excluding hydrogens is 248 g/mol. The lowest BCUT2D eigenvalue weighted by atomic mass is 9.91. The highest BCUT2D eigenvalue weighted by molar-refractivity contribution is 7.08. The molecule has 0 spiro atoms. The van der Waals surface area contributed by atoms with Crippen LogP contribution < -0.4 is 10.2 Å². The Morgan fingerprint density at radius 2 is 2.44 bits per heavy atom. The van der Waals surface area contributed by atoms with E-state index in [1.54, 1.807) is 18.3 Å². The molecule has 1 saturated heterocycles. The minimum absolute atomic E-state index is 0.0231. The molecule has 1 aliphatic heterocycles. The number of carbonyl (C=O) groups is 1. The predicted octanol–water partition coefficient (Wildman–Crippen LogP) is 1.46. The van der Waals surface area contributed by atoms with Crippen molar-refractivity contribution in [2.24, 2.45) is 5.92 Å². The molecule has 0 saturated carbocycles. The van der Waals surface area contributed by atoms with Gasteiger partial charge >= 0.3 is 0 Å². The van der Waals surface area contributed by atoms with Crippen molar-refractivity contribution in [3.05, 3.63) is 16.8 Å². The summed E-state index contributed by atoms with van der Waals surface area (Å²) in [5.74, 6) is 0.468. The largest absolute Gasteiger partial charge is 0.396 e. The Balaban J connectivity index is 2.04. The number of hydrogen-bond acceptors (Lipinski definition) is 4. The molecule has 0 aromatic carbocycles. The lowest BCUT2D eigenvalue weighted by Crippen LogP contribution is -2.50. The van der Waals surface area contributed by atoms with Crippen LogP contribution in [0.25, 0.3) is 0 Å². The molecule has 0 aliphatic carbocycles. The van der Waals surface area contributed by atoms with Crippen LogP contribution in [0.5, 0.6) is 0 Å². The van der Waals surface area contributed by atoms with Gasteiger partial charge in [0.25, 0.3) is 0 Å². The summed E-state index contributed by atoms with van der Waals surface area (Å²) < 4.78 is 0. The van der Waals surface area contributed by atoms with Gasteiger partial charge in [-0.05, 0) is 30.2 Å². The minimum atomic E-state index is 0.0231. The second kappa shape index (κ2) is 6.20. The van der Waals surface area contributed by atoms with Crippen molar-refractivity contribution < 1.29 is 9.90 Å². The number of hydrogen-bond donors (Lipinski definition) is 2. The number of nitrogens with one attached hydrogen (secondary N) is 1. The van der Waals surface area contributed by atoms with Crippen LogP contribution in [0.3, 0.4) is 0 Å². The van der Waals surface area contributed by atoms with Crippen molar-refractivity contribution in [1.29, 1.82) is 0 Å². The molecule has 2 rings (SSSR count). The highest BCUT2D eigenvalue weighted by atomic mass is 32.1. The van der Waals surface area contributed by atoms with E-state index in [4.69, 9.17) is 5.11 Å². The summed E-state index contributed by atoms with van der Waals surface area (Å²) >= 11 is 1.68. The van der Waals surface area contributed by atoms with Gasteiger partial charge in [-0.1, -0.05) is 0 Å². The molecule has 2 atom stereocenters. The van der Waals surface area contributed by atoms with E-state index < -0.39 is 0 Å². The van der Waals surface area contributed by atoms with Crippen molar-refractivity contribution >= 4 is 22.9 Å². The molecule has 4 nitrogen and oxygen atoms in total.